The zero-order valence-electron chi connectivity index (χ0n) is 16.7. The molecule has 1 aliphatic rings. The Kier molecular flexibility index (Phi) is 6.51. The van der Waals surface area contributed by atoms with E-state index >= 15 is 0 Å². The Balaban J connectivity index is 2.06. The lowest BCUT2D eigenvalue weighted by atomic mass is 10.0. The van der Waals surface area contributed by atoms with E-state index in [9.17, 15) is 9.59 Å². The number of hydrogen-bond donors (Lipinski definition) is 1. The van der Waals surface area contributed by atoms with Crippen LogP contribution in [0.2, 0.25) is 0 Å². The lowest BCUT2D eigenvalue weighted by Gasteiger charge is -2.14. The second kappa shape index (κ2) is 9.25. The van der Waals surface area contributed by atoms with E-state index in [1.165, 1.54) is 19.1 Å². The molecule has 3 rings (SSSR count). The van der Waals surface area contributed by atoms with Gasteiger partial charge in [0.15, 0.2) is 0 Å². The number of benzene rings is 2. The predicted molar refractivity (Wildman–Crippen MR) is 110 cm³/mol. The highest BCUT2D eigenvalue weighted by Gasteiger charge is 2.40. The molecule has 0 bridgehead atoms. The minimum atomic E-state index is -0.408. The fourth-order valence-corrected chi connectivity index (χ4v) is 3.15. The van der Waals surface area contributed by atoms with E-state index in [1.807, 2.05) is 31.2 Å². The maximum Gasteiger partial charge on any atom is 0.278 e. The first-order valence-corrected chi connectivity index (χ1v) is 9.33. The second-order valence-corrected chi connectivity index (χ2v) is 6.29. The molecule has 0 saturated heterocycles. The molecular formula is C22H24N2O5. The number of nitrogens with zero attached hydrogens (tertiary/aromatic N) is 1. The highest BCUT2D eigenvalue weighted by Crippen LogP contribution is 2.35. The number of anilines is 1. The van der Waals surface area contributed by atoms with Crippen LogP contribution in [-0.2, 0) is 14.3 Å². The van der Waals surface area contributed by atoms with Crippen LogP contribution in [-0.4, -0.2) is 50.7 Å². The first-order valence-electron chi connectivity index (χ1n) is 9.33. The van der Waals surface area contributed by atoms with Crippen LogP contribution in [0.4, 0.5) is 5.69 Å². The van der Waals surface area contributed by atoms with E-state index in [-0.39, 0.29) is 30.3 Å². The molecule has 2 aromatic rings. The number of carbonyl (C=O) groups is 2. The Morgan fingerprint density at radius 2 is 1.79 bits per heavy atom. The Bertz CT molecular complexity index is 938. The van der Waals surface area contributed by atoms with Gasteiger partial charge in [-0.15, -0.1) is 0 Å². The molecule has 29 heavy (non-hydrogen) atoms. The molecule has 0 radical (unpaired) electrons. The predicted octanol–water partition coefficient (Wildman–Crippen LogP) is 2.93. The van der Waals surface area contributed by atoms with Crippen molar-refractivity contribution < 1.29 is 23.8 Å². The molecule has 1 N–H and O–H groups in total. The van der Waals surface area contributed by atoms with Crippen LogP contribution in [0.25, 0.3) is 5.57 Å². The molecule has 0 aliphatic carbocycles. The monoisotopic (exact) mass is 396 g/mol. The van der Waals surface area contributed by atoms with E-state index in [0.717, 1.165) is 0 Å². The topological polar surface area (TPSA) is 77.1 Å². The van der Waals surface area contributed by atoms with Crippen molar-refractivity contribution in [2.45, 2.75) is 6.92 Å². The van der Waals surface area contributed by atoms with Gasteiger partial charge in [-0.2, -0.15) is 0 Å². The van der Waals surface area contributed by atoms with Crippen molar-refractivity contribution in [3.8, 4) is 11.5 Å². The summed E-state index contributed by atoms with van der Waals surface area (Å²) in [6.07, 6.45) is 0. The average Bonchev–Trinajstić information content (AvgIpc) is 2.96. The normalized spacial score (nSPS) is 13.8. The molecule has 0 aromatic heterocycles. The van der Waals surface area contributed by atoms with Gasteiger partial charge in [0.25, 0.3) is 11.8 Å². The molecule has 2 amide bonds. The van der Waals surface area contributed by atoms with Gasteiger partial charge in [-0.25, -0.2) is 0 Å². The van der Waals surface area contributed by atoms with Gasteiger partial charge < -0.3 is 19.5 Å². The maximum absolute atomic E-state index is 13.1. The molecule has 2 aromatic carbocycles. The number of hydrogen-bond acceptors (Lipinski definition) is 6. The van der Waals surface area contributed by atoms with Crippen LogP contribution in [0.5, 0.6) is 11.5 Å². The first kappa shape index (κ1) is 20.4. The number of para-hydroxylation sites is 1. The van der Waals surface area contributed by atoms with Crippen LogP contribution in [0.3, 0.4) is 0 Å². The minimum absolute atomic E-state index is 0.164. The number of carbonyl (C=O) groups excluding carboxylic acids is 2. The van der Waals surface area contributed by atoms with Crippen LogP contribution < -0.4 is 14.8 Å². The van der Waals surface area contributed by atoms with Gasteiger partial charge in [0.05, 0.1) is 32.4 Å². The minimum Gasteiger partial charge on any atom is -0.496 e. The molecule has 7 nitrogen and oxygen atoms in total. The molecule has 0 saturated carbocycles. The van der Waals surface area contributed by atoms with Crippen LogP contribution in [0.15, 0.2) is 54.2 Å². The van der Waals surface area contributed by atoms with E-state index in [0.29, 0.717) is 29.4 Å². The van der Waals surface area contributed by atoms with Crippen molar-refractivity contribution in [1.29, 1.82) is 0 Å². The fourth-order valence-electron chi connectivity index (χ4n) is 3.15. The Labute approximate surface area is 169 Å². The van der Waals surface area contributed by atoms with E-state index in [4.69, 9.17) is 14.2 Å². The van der Waals surface area contributed by atoms with Crippen molar-refractivity contribution in [3.05, 3.63) is 59.8 Å². The van der Waals surface area contributed by atoms with Crippen LogP contribution in [0, 0.1) is 0 Å². The second-order valence-electron chi connectivity index (χ2n) is 6.29. The third-order valence-electron chi connectivity index (χ3n) is 4.48. The Hall–Kier alpha value is -3.32. The highest BCUT2D eigenvalue weighted by atomic mass is 16.5. The zero-order valence-corrected chi connectivity index (χ0v) is 16.7. The number of methoxy groups -OCH3 is 2. The molecule has 1 aliphatic heterocycles. The number of rotatable bonds is 9. The molecule has 0 atom stereocenters. The quantitative estimate of drug-likeness (QED) is 0.657. The molecule has 0 spiro atoms. The van der Waals surface area contributed by atoms with Gasteiger partial charge in [0.2, 0.25) is 0 Å². The van der Waals surface area contributed by atoms with Crippen molar-refractivity contribution in [3.63, 3.8) is 0 Å². The Morgan fingerprint density at radius 3 is 2.52 bits per heavy atom. The van der Waals surface area contributed by atoms with Gasteiger partial charge in [0, 0.05) is 24.4 Å². The summed E-state index contributed by atoms with van der Waals surface area (Å²) in [6.45, 7) is 2.84. The summed E-state index contributed by atoms with van der Waals surface area (Å²) in [5, 5.41) is 3.12. The molecule has 152 valence electrons. The van der Waals surface area contributed by atoms with Crippen molar-refractivity contribution in [2.75, 3.05) is 39.3 Å². The van der Waals surface area contributed by atoms with Gasteiger partial charge in [-0.1, -0.05) is 24.3 Å². The highest BCUT2D eigenvalue weighted by molar-refractivity contribution is 6.37. The van der Waals surface area contributed by atoms with Crippen molar-refractivity contribution >= 4 is 23.1 Å². The SMILES string of the molecule is CCOc1cccc(NC2=C(c3ccccc3OC)C(=O)N(CCOC)C2=O)c1. The fraction of sp³-hybridized carbons (Fsp3) is 0.273. The first-order chi connectivity index (χ1) is 14.1. The lowest BCUT2D eigenvalue weighted by Crippen LogP contribution is -2.35. The molecule has 7 heteroatoms. The maximum atomic E-state index is 13.1. The van der Waals surface area contributed by atoms with Crippen molar-refractivity contribution in [2.24, 2.45) is 0 Å². The van der Waals surface area contributed by atoms with E-state index < -0.39 is 5.91 Å². The smallest absolute Gasteiger partial charge is 0.278 e. The lowest BCUT2D eigenvalue weighted by molar-refractivity contribution is -0.137. The molecular weight excluding hydrogens is 372 g/mol. The Morgan fingerprint density at radius 1 is 1.00 bits per heavy atom. The summed E-state index contributed by atoms with van der Waals surface area (Å²) >= 11 is 0. The van der Waals surface area contributed by atoms with Crippen LogP contribution in [0.1, 0.15) is 12.5 Å². The summed E-state index contributed by atoms with van der Waals surface area (Å²) in [5.74, 6) is 0.388. The third kappa shape index (κ3) is 4.25. The molecule has 0 unspecified atom stereocenters. The molecule has 0 fully saturated rings. The summed E-state index contributed by atoms with van der Waals surface area (Å²) < 4.78 is 16.0. The summed E-state index contributed by atoms with van der Waals surface area (Å²) in [4.78, 5) is 27.4. The number of imide groups is 1. The van der Waals surface area contributed by atoms with E-state index in [2.05, 4.69) is 5.32 Å². The van der Waals surface area contributed by atoms with Gasteiger partial charge in [-0.05, 0) is 25.1 Å². The number of nitrogens with one attached hydrogen (secondary N) is 1. The van der Waals surface area contributed by atoms with E-state index in [1.54, 1.807) is 24.3 Å². The zero-order chi connectivity index (χ0) is 20.8. The number of amides is 2. The van der Waals surface area contributed by atoms with Gasteiger partial charge in [0.1, 0.15) is 17.2 Å². The van der Waals surface area contributed by atoms with Gasteiger partial charge in [-0.3, -0.25) is 14.5 Å². The van der Waals surface area contributed by atoms with Gasteiger partial charge >= 0.3 is 0 Å². The summed E-state index contributed by atoms with van der Waals surface area (Å²) in [5.41, 5.74) is 1.67. The third-order valence-corrected chi connectivity index (χ3v) is 4.48. The van der Waals surface area contributed by atoms with Crippen LogP contribution >= 0.6 is 0 Å². The largest absolute Gasteiger partial charge is 0.496 e. The number of ether oxygens (including phenoxy) is 3. The standard InChI is InChI=1S/C22H24N2O5/c1-4-29-16-9-7-8-15(14-16)23-20-19(17-10-5-6-11-18(17)28-3)21(25)24(22(20)26)12-13-27-2/h5-11,14,23H,4,12-13H2,1-3H3. The average molecular weight is 396 g/mol. The van der Waals surface area contributed by atoms with Crippen molar-refractivity contribution in [1.82, 2.24) is 4.90 Å². The molecule has 1 heterocycles. The summed E-state index contributed by atoms with van der Waals surface area (Å²) in [6, 6.07) is 14.4. The summed E-state index contributed by atoms with van der Waals surface area (Å²) in [7, 11) is 3.06.